The number of aliphatic carboxylic acids is 1. The van der Waals surface area contributed by atoms with Crippen molar-refractivity contribution in [2.45, 2.75) is 18.9 Å². The van der Waals surface area contributed by atoms with Crippen LogP contribution in [-0.4, -0.2) is 37.4 Å². The van der Waals surface area contributed by atoms with Gasteiger partial charge in [-0.25, -0.2) is 0 Å². The van der Waals surface area contributed by atoms with Crippen LogP contribution >= 0.6 is 12.4 Å². The maximum Gasteiger partial charge on any atom is 0.304 e. The number of hydrogen-bond donors (Lipinski definition) is 2. The number of fused-ring (bicyclic) bond motifs is 1. The fourth-order valence-corrected chi connectivity index (χ4v) is 2.00. The van der Waals surface area contributed by atoms with Crippen LogP contribution in [0.1, 0.15) is 12.0 Å². The van der Waals surface area contributed by atoms with E-state index in [1.165, 1.54) is 0 Å². The molecule has 0 saturated heterocycles. The van der Waals surface area contributed by atoms with Gasteiger partial charge in [-0.3, -0.25) is 4.79 Å². The van der Waals surface area contributed by atoms with Gasteiger partial charge in [0, 0.05) is 25.1 Å². The number of benzene rings is 1. The van der Waals surface area contributed by atoms with Crippen LogP contribution in [0, 0.1) is 0 Å². The van der Waals surface area contributed by atoms with Crippen molar-refractivity contribution < 1.29 is 19.4 Å². The average Bonchev–Trinajstić information content (AvgIpc) is 2.75. The predicted molar refractivity (Wildman–Crippen MR) is 73.5 cm³/mol. The summed E-state index contributed by atoms with van der Waals surface area (Å²) in [6.07, 6.45) is 1.03. The lowest BCUT2D eigenvalue weighted by atomic mass is 10.1. The molecule has 0 aliphatic carbocycles. The molecule has 0 amide bonds. The van der Waals surface area contributed by atoms with Crippen molar-refractivity contribution in [2.75, 3.05) is 20.2 Å². The molecule has 6 heteroatoms. The molecule has 0 bridgehead atoms. The second kappa shape index (κ2) is 7.21. The van der Waals surface area contributed by atoms with E-state index >= 15 is 0 Å². The number of ether oxygens (including phenoxy) is 2. The highest BCUT2D eigenvalue weighted by Gasteiger charge is 2.22. The maximum absolute atomic E-state index is 10.4. The van der Waals surface area contributed by atoms with E-state index in [1.54, 1.807) is 7.11 Å². The van der Waals surface area contributed by atoms with Crippen molar-refractivity contribution in [1.29, 1.82) is 0 Å². The lowest BCUT2D eigenvalue weighted by Crippen LogP contribution is -2.31. The van der Waals surface area contributed by atoms with Crippen LogP contribution in [0.2, 0.25) is 0 Å². The zero-order valence-corrected chi connectivity index (χ0v) is 11.5. The number of carbonyl (C=O) groups is 1. The smallest absolute Gasteiger partial charge is 0.304 e. The van der Waals surface area contributed by atoms with Crippen LogP contribution in [0.15, 0.2) is 18.2 Å². The van der Waals surface area contributed by atoms with E-state index in [4.69, 9.17) is 14.6 Å². The molecule has 106 valence electrons. The number of carboxylic acids is 1. The molecule has 1 aromatic carbocycles. The summed E-state index contributed by atoms with van der Waals surface area (Å²) >= 11 is 0. The second-order valence-corrected chi connectivity index (χ2v) is 4.27. The summed E-state index contributed by atoms with van der Waals surface area (Å²) < 4.78 is 10.9. The van der Waals surface area contributed by atoms with Crippen LogP contribution in [0.4, 0.5) is 0 Å². The van der Waals surface area contributed by atoms with E-state index in [0.29, 0.717) is 13.1 Å². The first-order valence-electron chi connectivity index (χ1n) is 5.95. The standard InChI is InChI=1S/C13H17NO4.ClH/c1-17-10-2-3-12-9(6-10)7-11(18-12)8-14-5-4-13(15)16;/h2-3,6,11,14H,4-5,7-8H2,1H3,(H,15,16);1H. The van der Waals surface area contributed by atoms with Crippen molar-refractivity contribution in [1.82, 2.24) is 5.32 Å². The van der Waals surface area contributed by atoms with Gasteiger partial charge >= 0.3 is 5.97 Å². The Labute approximate surface area is 118 Å². The SMILES string of the molecule is COc1ccc2c(c1)CC(CNCCC(=O)O)O2.Cl. The van der Waals surface area contributed by atoms with Crippen molar-refractivity contribution in [3.63, 3.8) is 0 Å². The number of rotatable bonds is 6. The molecular weight excluding hydrogens is 270 g/mol. The summed E-state index contributed by atoms with van der Waals surface area (Å²) in [4.78, 5) is 10.4. The summed E-state index contributed by atoms with van der Waals surface area (Å²) in [5, 5.41) is 11.6. The van der Waals surface area contributed by atoms with Gasteiger partial charge in [-0.15, -0.1) is 12.4 Å². The first-order valence-corrected chi connectivity index (χ1v) is 5.95. The minimum absolute atomic E-state index is 0. The van der Waals surface area contributed by atoms with E-state index in [-0.39, 0.29) is 24.9 Å². The Morgan fingerprint density at radius 3 is 3.05 bits per heavy atom. The van der Waals surface area contributed by atoms with Crippen molar-refractivity contribution in [3.8, 4) is 11.5 Å². The van der Waals surface area contributed by atoms with Crippen LogP contribution in [0.25, 0.3) is 0 Å². The third-order valence-electron chi connectivity index (χ3n) is 2.90. The molecule has 1 heterocycles. The highest BCUT2D eigenvalue weighted by molar-refractivity contribution is 5.85. The number of nitrogens with one attached hydrogen (secondary N) is 1. The second-order valence-electron chi connectivity index (χ2n) is 4.27. The molecule has 1 unspecified atom stereocenters. The fraction of sp³-hybridized carbons (Fsp3) is 0.462. The summed E-state index contributed by atoms with van der Waals surface area (Å²) in [6.45, 7) is 1.12. The molecule has 5 nitrogen and oxygen atoms in total. The Kier molecular flexibility index (Phi) is 5.92. The molecule has 2 rings (SSSR count). The van der Waals surface area contributed by atoms with Gasteiger partial charge in [0.2, 0.25) is 0 Å². The third-order valence-corrected chi connectivity index (χ3v) is 2.90. The van der Waals surface area contributed by atoms with Crippen LogP contribution in [0.5, 0.6) is 11.5 Å². The Bertz CT molecular complexity index is 439. The topological polar surface area (TPSA) is 67.8 Å². The van der Waals surface area contributed by atoms with Gasteiger partial charge in [0.05, 0.1) is 13.5 Å². The number of halogens is 1. The lowest BCUT2D eigenvalue weighted by molar-refractivity contribution is -0.136. The zero-order valence-electron chi connectivity index (χ0n) is 10.7. The minimum Gasteiger partial charge on any atom is -0.497 e. The number of methoxy groups -OCH3 is 1. The summed E-state index contributed by atoms with van der Waals surface area (Å²) in [5.41, 5.74) is 1.14. The first kappa shape index (κ1) is 15.6. The van der Waals surface area contributed by atoms with Gasteiger partial charge in [0.15, 0.2) is 0 Å². The third kappa shape index (κ3) is 4.29. The fourth-order valence-electron chi connectivity index (χ4n) is 2.00. The Hall–Kier alpha value is -1.46. The van der Waals surface area contributed by atoms with Crippen molar-refractivity contribution in [3.05, 3.63) is 23.8 Å². The summed E-state index contributed by atoms with van der Waals surface area (Å²) in [7, 11) is 1.64. The maximum atomic E-state index is 10.4. The van der Waals surface area contributed by atoms with Crippen LogP contribution in [-0.2, 0) is 11.2 Å². The van der Waals surface area contributed by atoms with E-state index < -0.39 is 5.97 Å². The first-order chi connectivity index (χ1) is 8.69. The highest BCUT2D eigenvalue weighted by atomic mass is 35.5. The van der Waals surface area contributed by atoms with Gasteiger partial charge in [-0.2, -0.15) is 0 Å². The van der Waals surface area contributed by atoms with Crippen LogP contribution < -0.4 is 14.8 Å². The Morgan fingerprint density at radius 2 is 2.37 bits per heavy atom. The van der Waals surface area contributed by atoms with Crippen molar-refractivity contribution in [2.24, 2.45) is 0 Å². The summed E-state index contributed by atoms with van der Waals surface area (Å²) in [5.74, 6) is 0.931. The minimum atomic E-state index is -0.789. The van der Waals surface area contributed by atoms with E-state index in [1.807, 2.05) is 18.2 Å². The van der Waals surface area contributed by atoms with Gasteiger partial charge in [-0.05, 0) is 18.2 Å². The molecule has 1 aromatic rings. The average molecular weight is 288 g/mol. The number of hydrogen-bond acceptors (Lipinski definition) is 4. The normalized spacial score (nSPS) is 16.2. The lowest BCUT2D eigenvalue weighted by Gasteiger charge is -2.10. The quantitative estimate of drug-likeness (QED) is 0.776. The van der Waals surface area contributed by atoms with Gasteiger partial charge in [0.25, 0.3) is 0 Å². The van der Waals surface area contributed by atoms with Gasteiger partial charge in [-0.1, -0.05) is 0 Å². The van der Waals surface area contributed by atoms with E-state index in [0.717, 1.165) is 23.5 Å². The highest BCUT2D eigenvalue weighted by Crippen LogP contribution is 2.31. The molecule has 0 spiro atoms. The molecule has 1 aliphatic rings. The molecule has 2 N–H and O–H groups in total. The Balaban J connectivity index is 0.00000180. The monoisotopic (exact) mass is 287 g/mol. The summed E-state index contributed by atoms with van der Waals surface area (Å²) in [6, 6.07) is 5.76. The molecular formula is C13H18ClNO4. The molecule has 0 aromatic heterocycles. The van der Waals surface area contributed by atoms with Crippen LogP contribution in [0.3, 0.4) is 0 Å². The predicted octanol–water partition coefficient (Wildman–Crippen LogP) is 1.48. The molecule has 19 heavy (non-hydrogen) atoms. The Morgan fingerprint density at radius 1 is 1.58 bits per heavy atom. The van der Waals surface area contributed by atoms with Gasteiger partial charge in [0.1, 0.15) is 17.6 Å². The molecule has 0 fully saturated rings. The molecule has 0 saturated carbocycles. The molecule has 1 aliphatic heterocycles. The number of carboxylic acid groups (broad SMARTS) is 1. The molecule has 1 atom stereocenters. The molecule has 0 radical (unpaired) electrons. The van der Waals surface area contributed by atoms with Gasteiger partial charge < -0.3 is 19.9 Å². The largest absolute Gasteiger partial charge is 0.497 e. The van der Waals surface area contributed by atoms with E-state index in [9.17, 15) is 4.79 Å². The zero-order chi connectivity index (χ0) is 13.0. The van der Waals surface area contributed by atoms with E-state index in [2.05, 4.69) is 5.32 Å². The van der Waals surface area contributed by atoms with Crippen molar-refractivity contribution >= 4 is 18.4 Å².